The van der Waals surface area contributed by atoms with Crippen molar-refractivity contribution in [2.75, 3.05) is 12.4 Å². The molecule has 0 atom stereocenters. The molecule has 0 N–H and O–H groups in total. The normalized spacial score (nSPS) is 8.17. The van der Waals surface area contributed by atoms with Gasteiger partial charge >= 0.3 is 0 Å². The quantitative estimate of drug-likeness (QED) is 0.294. The molecule has 0 aliphatic rings. The summed E-state index contributed by atoms with van der Waals surface area (Å²) in [6.45, 7) is -0.137. The lowest BCUT2D eigenvalue weighted by Crippen LogP contribution is -2.00. The van der Waals surface area contributed by atoms with E-state index in [1.54, 1.807) is 0 Å². The van der Waals surface area contributed by atoms with Crippen molar-refractivity contribution in [1.82, 2.24) is 0 Å². The van der Waals surface area contributed by atoms with Gasteiger partial charge in [-0.2, -0.15) is 0 Å². The number of nitro groups is 1. The number of alkyl halides is 1. The minimum Gasteiger partial charge on any atom is -0.265 e. The Bertz CT molecular complexity index is 55.5. The monoisotopic (exact) mass is 109 g/mol. The molecule has 0 saturated carbocycles. The minimum absolute atomic E-state index is 0.104. The van der Waals surface area contributed by atoms with Gasteiger partial charge in [0.2, 0.25) is 6.54 Å². The zero-order valence-corrected chi connectivity index (χ0v) is 3.81. The van der Waals surface area contributed by atoms with E-state index in [-0.39, 0.29) is 12.4 Å². The summed E-state index contributed by atoms with van der Waals surface area (Å²) in [4.78, 5) is 8.87. The van der Waals surface area contributed by atoms with Gasteiger partial charge in [-0.15, -0.1) is 11.6 Å². The summed E-state index contributed by atoms with van der Waals surface area (Å²) < 4.78 is 0. The van der Waals surface area contributed by atoms with Gasteiger partial charge < -0.3 is 0 Å². The Balaban J connectivity index is 2.83. The van der Waals surface area contributed by atoms with Crippen LogP contribution in [0.2, 0.25) is 0 Å². The highest BCUT2D eigenvalue weighted by Crippen LogP contribution is 1.72. The van der Waals surface area contributed by atoms with Crippen molar-refractivity contribution in [3.05, 3.63) is 10.1 Å². The summed E-state index contributed by atoms with van der Waals surface area (Å²) in [6, 6.07) is 0. The van der Waals surface area contributed by atoms with Gasteiger partial charge in [0, 0.05) is 4.92 Å². The molecule has 0 aromatic carbocycles. The average Bonchev–Trinajstić information content (AvgIpc) is 1.35. The fourth-order valence-electron chi connectivity index (χ4n) is 0.0690. The van der Waals surface area contributed by atoms with Gasteiger partial charge in [0.1, 0.15) is 0 Å². The van der Waals surface area contributed by atoms with Crippen LogP contribution in [-0.2, 0) is 0 Å². The van der Waals surface area contributed by atoms with E-state index in [1.165, 1.54) is 0 Å². The van der Waals surface area contributed by atoms with E-state index in [1.807, 2.05) is 0 Å². The maximum absolute atomic E-state index is 9.32. The zero-order chi connectivity index (χ0) is 4.99. The molecule has 6 heavy (non-hydrogen) atoms. The van der Waals surface area contributed by atoms with Crippen molar-refractivity contribution >= 4 is 11.6 Å². The van der Waals surface area contributed by atoms with E-state index < -0.39 is 4.92 Å². The van der Waals surface area contributed by atoms with Gasteiger partial charge in [-0.3, -0.25) is 10.1 Å². The first-order valence-electron chi connectivity index (χ1n) is 1.45. The van der Waals surface area contributed by atoms with E-state index in [9.17, 15) is 10.1 Å². The summed E-state index contributed by atoms with van der Waals surface area (Å²) in [6.07, 6.45) is 0. The average molecular weight is 110 g/mol. The maximum Gasteiger partial charge on any atom is 0.217 e. The molecule has 0 heterocycles. The number of hydrogen-bond acceptors (Lipinski definition) is 2. The third-order valence-corrected chi connectivity index (χ3v) is 0.436. The molecule has 0 aliphatic heterocycles. The Hall–Kier alpha value is -0.310. The molecule has 0 aromatic rings. The van der Waals surface area contributed by atoms with E-state index in [4.69, 9.17) is 11.6 Å². The fourth-order valence-corrected chi connectivity index (χ4v) is 0.207. The molecule has 0 rings (SSSR count). The largest absolute Gasteiger partial charge is 0.265 e. The predicted molar refractivity (Wildman–Crippen MR) is 22.6 cm³/mol. The number of halogens is 1. The van der Waals surface area contributed by atoms with Crippen LogP contribution in [0.3, 0.4) is 0 Å². The number of rotatable bonds is 2. The van der Waals surface area contributed by atoms with Crippen LogP contribution >= 0.6 is 11.6 Å². The summed E-state index contributed by atoms with van der Waals surface area (Å²) in [5.74, 6) is 0.104. The molecule has 0 spiro atoms. The Morgan fingerprint density at radius 3 is 2.33 bits per heavy atom. The van der Waals surface area contributed by atoms with Crippen LogP contribution in [0.1, 0.15) is 0 Å². The second-order valence-corrected chi connectivity index (χ2v) is 1.12. The molecule has 0 fully saturated rings. The molecular weight excluding hydrogens is 105 g/mol. The van der Waals surface area contributed by atoms with Crippen molar-refractivity contribution in [1.29, 1.82) is 0 Å². The van der Waals surface area contributed by atoms with E-state index in [2.05, 4.69) is 0 Å². The molecule has 0 radical (unpaired) electrons. The maximum atomic E-state index is 9.32. The predicted octanol–water partition coefficient (Wildman–Crippen LogP) is 0.502. The SMILES string of the molecule is O=[N+]([O-])CCCl. The van der Waals surface area contributed by atoms with Gasteiger partial charge in [0.05, 0.1) is 5.88 Å². The van der Waals surface area contributed by atoms with Crippen LogP contribution in [0, 0.1) is 10.1 Å². The Labute approximate surface area is 40.1 Å². The van der Waals surface area contributed by atoms with Crippen LogP contribution < -0.4 is 0 Å². The van der Waals surface area contributed by atoms with Crippen LogP contribution in [0.15, 0.2) is 0 Å². The van der Waals surface area contributed by atoms with E-state index in [0.717, 1.165) is 0 Å². The first-order valence-corrected chi connectivity index (χ1v) is 1.98. The highest BCUT2D eigenvalue weighted by atomic mass is 35.5. The van der Waals surface area contributed by atoms with Gasteiger partial charge in [0.15, 0.2) is 0 Å². The van der Waals surface area contributed by atoms with Crippen molar-refractivity contribution in [2.24, 2.45) is 0 Å². The van der Waals surface area contributed by atoms with Crippen molar-refractivity contribution in [3.8, 4) is 0 Å². The van der Waals surface area contributed by atoms with Crippen LogP contribution in [-0.4, -0.2) is 17.3 Å². The summed E-state index contributed by atoms with van der Waals surface area (Å²) >= 11 is 4.95. The molecule has 4 heteroatoms. The zero-order valence-electron chi connectivity index (χ0n) is 3.06. The topological polar surface area (TPSA) is 43.1 Å². The number of nitrogens with zero attached hydrogens (tertiary/aromatic N) is 1. The fraction of sp³-hybridized carbons (Fsp3) is 1.00. The van der Waals surface area contributed by atoms with Gasteiger partial charge in [-0.1, -0.05) is 0 Å². The lowest BCUT2D eigenvalue weighted by Gasteiger charge is -1.79. The molecule has 3 nitrogen and oxygen atoms in total. The molecule has 0 saturated heterocycles. The molecule has 0 aliphatic carbocycles. The molecular formula is C2H4ClNO2. The van der Waals surface area contributed by atoms with Crippen LogP contribution in [0.25, 0.3) is 0 Å². The Kier molecular flexibility index (Phi) is 2.75. The lowest BCUT2D eigenvalue weighted by molar-refractivity contribution is -0.474. The van der Waals surface area contributed by atoms with E-state index in [0.29, 0.717) is 0 Å². The first kappa shape index (κ1) is 5.69. The van der Waals surface area contributed by atoms with Crippen molar-refractivity contribution < 1.29 is 4.92 Å². The van der Waals surface area contributed by atoms with Gasteiger partial charge in [-0.25, -0.2) is 0 Å². The lowest BCUT2D eigenvalue weighted by atomic mass is 10.8. The standard InChI is InChI=1S/C2H4ClNO2/c3-1-2-4(5)6/h1-2H2. The smallest absolute Gasteiger partial charge is 0.217 e. The molecule has 0 aromatic heterocycles. The molecule has 0 amide bonds. The van der Waals surface area contributed by atoms with Gasteiger partial charge in [0.25, 0.3) is 0 Å². The third kappa shape index (κ3) is 3.69. The molecule has 0 unspecified atom stereocenters. The first-order chi connectivity index (χ1) is 2.77. The second-order valence-electron chi connectivity index (χ2n) is 0.745. The van der Waals surface area contributed by atoms with Crippen LogP contribution in [0.5, 0.6) is 0 Å². The molecule has 0 bridgehead atoms. The number of hydrogen-bond donors (Lipinski definition) is 0. The summed E-state index contributed by atoms with van der Waals surface area (Å²) in [7, 11) is 0. The third-order valence-electron chi connectivity index (χ3n) is 0.267. The second kappa shape index (κ2) is 2.90. The summed E-state index contributed by atoms with van der Waals surface area (Å²) in [5.41, 5.74) is 0. The summed E-state index contributed by atoms with van der Waals surface area (Å²) in [5, 5.41) is 9.32. The van der Waals surface area contributed by atoms with Crippen molar-refractivity contribution in [3.63, 3.8) is 0 Å². The van der Waals surface area contributed by atoms with E-state index >= 15 is 0 Å². The molecule has 36 valence electrons. The highest BCUT2D eigenvalue weighted by Gasteiger charge is 1.87. The minimum atomic E-state index is -0.451. The Morgan fingerprint density at radius 1 is 1.83 bits per heavy atom. The van der Waals surface area contributed by atoms with Gasteiger partial charge in [-0.05, 0) is 0 Å². The van der Waals surface area contributed by atoms with Crippen molar-refractivity contribution in [2.45, 2.75) is 0 Å². The Morgan fingerprint density at radius 2 is 2.33 bits per heavy atom. The highest BCUT2D eigenvalue weighted by molar-refractivity contribution is 6.17. The van der Waals surface area contributed by atoms with Crippen LogP contribution in [0.4, 0.5) is 0 Å².